The van der Waals surface area contributed by atoms with E-state index in [9.17, 15) is 4.79 Å². The Labute approximate surface area is 90.2 Å². The van der Waals surface area contributed by atoms with Crippen LogP contribution in [-0.2, 0) is 9.53 Å². The average molecular weight is 213 g/mol. The van der Waals surface area contributed by atoms with E-state index in [-0.39, 0.29) is 18.6 Å². The summed E-state index contributed by atoms with van der Waals surface area (Å²) < 4.78 is 5.81. The number of ether oxygens (including phenoxy) is 1. The highest BCUT2D eigenvalue weighted by molar-refractivity contribution is 5.77. The summed E-state index contributed by atoms with van der Waals surface area (Å²) in [6, 6.07) is 0. The number of amides is 1. The number of carbonyl (C=O) groups excluding carboxylic acids is 1. The van der Waals surface area contributed by atoms with Crippen LogP contribution in [-0.4, -0.2) is 47.8 Å². The van der Waals surface area contributed by atoms with Crippen LogP contribution in [0.15, 0.2) is 0 Å². The van der Waals surface area contributed by atoms with Crippen molar-refractivity contribution in [2.75, 3.05) is 19.7 Å². The smallest absolute Gasteiger partial charge is 0.248 e. The minimum atomic E-state index is -0.366. The molecule has 1 N–H and O–H groups in total. The van der Waals surface area contributed by atoms with Gasteiger partial charge in [0, 0.05) is 24.9 Å². The molecule has 2 unspecified atom stereocenters. The first-order valence-electron chi connectivity index (χ1n) is 5.66. The van der Waals surface area contributed by atoms with E-state index in [2.05, 4.69) is 0 Å². The molecule has 86 valence electrons. The molecule has 4 nitrogen and oxygen atoms in total. The number of rotatable bonds is 3. The zero-order valence-electron chi connectivity index (χ0n) is 9.35. The summed E-state index contributed by atoms with van der Waals surface area (Å²) in [6.45, 7) is 5.24. The predicted molar refractivity (Wildman–Crippen MR) is 55.3 cm³/mol. The fourth-order valence-electron chi connectivity index (χ4n) is 2.68. The molecule has 2 saturated heterocycles. The molecule has 0 aromatic rings. The van der Waals surface area contributed by atoms with Crippen LogP contribution < -0.4 is 0 Å². The normalized spacial score (nSPS) is 34.1. The van der Waals surface area contributed by atoms with Crippen LogP contribution in [0.3, 0.4) is 0 Å². The highest BCUT2D eigenvalue weighted by Gasteiger charge is 2.48. The van der Waals surface area contributed by atoms with Gasteiger partial charge in [-0.1, -0.05) is 0 Å². The number of aliphatic hydroxyl groups is 1. The number of hydrogen-bond acceptors (Lipinski definition) is 3. The Kier molecular flexibility index (Phi) is 2.98. The summed E-state index contributed by atoms with van der Waals surface area (Å²) in [4.78, 5) is 13.1. The fraction of sp³-hybridized carbons (Fsp3) is 0.909. The molecular formula is C11H19NO3. The molecule has 4 heteroatoms. The molecule has 2 heterocycles. The van der Waals surface area contributed by atoms with Gasteiger partial charge in [0.25, 0.3) is 0 Å². The SMILES string of the molecule is CC(C)OC1C2CC1CN(C(=O)CO)C2. The zero-order chi connectivity index (χ0) is 11.0. The van der Waals surface area contributed by atoms with Gasteiger partial charge in [0.2, 0.25) is 5.91 Å². The molecule has 2 aliphatic heterocycles. The summed E-state index contributed by atoms with van der Waals surface area (Å²) in [5.41, 5.74) is 0. The maximum Gasteiger partial charge on any atom is 0.248 e. The second-order valence-electron chi connectivity index (χ2n) is 4.86. The Morgan fingerprint density at radius 2 is 2.07 bits per heavy atom. The van der Waals surface area contributed by atoms with Gasteiger partial charge < -0.3 is 14.7 Å². The molecule has 3 rings (SSSR count). The monoisotopic (exact) mass is 213 g/mol. The van der Waals surface area contributed by atoms with Crippen molar-refractivity contribution in [1.82, 2.24) is 4.90 Å². The van der Waals surface area contributed by atoms with Gasteiger partial charge >= 0.3 is 0 Å². The Morgan fingerprint density at radius 1 is 1.47 bits per heavy atom. The Morgan fingerprint density at radius 3 is 2.53 bits per heavy atom. The van der Waals surface area contributed by atoms with Gasteiger partial charge in [-0.3, -0.25) is 4.79 Å². The number of aliphatic hydroxyl groups excluding tert-OH is 1. The molecule has 0 aromatic heterocycles. The first-order chi connectivity index (χ1) is 7.11. The third kappa shape index (κ3) is 2.01. The van der Waals surface area contributed by atoms with E-state index in [1.807, 2.05) is 13.8 Å². The molecule has 0 spiro atoms. The quantitative estimate of drug-likeness (QED) is 0.731. The number of piperidine rings is 2. The number of fused-ring (bicyclic) bond motifs is 2. The predicted octanol–water partition coefficient (Wildman–Crippen LogP) is 0.251. The van der Waals surface area contributed by atoms with Gasteiger partial charge in [-0.15, -0.1) is 0 Å². The minimum absolute atomic E-state index is 0.146. The maximum absolute atomic E-state index is 11.3. The van der Waals surface area contributed by atoms with Crippen molar-refractivity contribution in [3.63, 3.8) is 0 Å². The fourth-order valence-corrected chi connectivity index (χ4v) is 2.68. The third-order valence-corrected chi connectivity index (χ3v) is 3.36. The standard InChI is InChI=1S/C11H19NO3/c1-7(2)15-11-8-3-9(11)5-12(4-8)10(14)6-13/h7-9,11,13H,3-6H2,1-2H3. The second kappa shape index (κ2) is 4.10. The zero-order valence-corrected chi connectivity index (χ0v) is 9.35. The lowest BCUT2D eigenvalue weighted by molar-refractivity contribution is -0.173. The van der Waals surface area contributed by atoms with Gasteiger partial charge in [0.05, 0.1) is 12.2 Å². The number of carbonyl (C=O) groups is 1. The molecule has 1 amide bonds. The highest BCUT2D eigenvalue weighted by atomic mass is 16.5. The van der Waals surface area contributed by atoms with Crippen LogP contribution in [0.25, 0.3) is 0 Å². The third-order valence-electron chi connectivity index (χ3n) is 3.36. The van der Waals surface area contributed by atoms with E-state index >= 15 is 0 Å². The molecular weight excluding hydrogens is 194 g/mol. The Balaban J connectivity index is 1.88. The maximum atomic E-state index is 11.3. The first-order valence-corrected chi connectivity index (χ1v) is 5.66. The van der Waals surface area contributed by atoms with E-state index < -0.39 is 0 Å². The first kappa shape index (κ1) is 10.9. The molecule has 0 radical (unpaired) electrons. The summed E-state index contributed by atoms with van der Waals surface area (Å²) in [5.74, 6) is 0.830. The average Bonchev–Trinajstić information content (AvgIpc) is 2.24. The van der Waals surface area contributed by atoms with Crippen molar-refractivity contribution in [1.29, 1.82) is 0 Å². The van der Waals surface area contributed by atoms with Crippen LogP contribution in [0.2, 0.25) is 0 Å². The van der Waals surface area contributed by atoms with Crippen molar-refractivity contribution in [3.05, 3.63) is 0 Å². The van der Waals surface area contributed by atoms with E-state index in [4.69, 9.17) is 9.84 Å². The van der Waals surface area contributed by atoms with Crippen LogP contribution in [0.4, 0.5) is 0 Å². The van der Waals surface area contributed by atoms with Gasteiger partial charge in [0.15, 0.2) is 0 Å². The number of nitrogens with zero attached hydrogens (tertiary/aromatic N) is 1. The summed E-state index contributed by atoms with van der Waals surface area (Å²) in [5, 5.41) is 8.78. The Hall–Kier alpha value is -0.610. The molecule has 2 atom stereocenters. The van der Waals surface area contributed by atoms with Gasteiger partial charge in [-0.25, -0.2) is 0 Å². The van der Waals surface area contributed by atoms with Crippen molar-refractivity contribution in [2.45, 2.75) is 32.5 Å². The van der Waals surface area contributed by atoms with E-state index in [1.54, 1.807) is 4.90 Å². The van der Waals surface area contributed by atoms with Crippen LogP contribution >= 0.6 is 0 Å². The lowest BCUT2D eigenvalue weighted by Gasteiger charge is -2.53. The van der Waals surface area contributed by atoms with E-state index in [0.717, 1.165) is 13.1 Å². The molecule has 3 fully saturated rings. The second-order valence-corrected chi connectivity index (χ2v) is 4.86. The van der Waals surface area contributed by atoms with Crippen molar-refractivity contribution in [3.8, 4) is 0 Å². The molecule has 0 aromatic carbocycles. The summed E-state index contributed by atoms with van der Waals surface area (Å²) >= 11 is 0. The molecule has 15 heavy (non-hydrogen) atoms. The van der Waals surface area contributed by atoms with Crippen molar-refractivity contribution < 1.29 is 14.6 Å². The largest absolute Gasteiger partial charge is 0.387 e. The molecule has 2 bridgehead atoms. The molecule has 3 aliphatic rings. The number of hydrogen-bond donors (Lipinski definition) is 1. The van der Waals surface area contributed by atoms with E-state index in [1.165, 1.54) is 6.42 Å². The highest BCUT2D eigenvalue weighted by Crippen LogP contribution is 2.42. The topological polar surface area (TPSA) is 49.8 Å². The molecule has 1 saturated carbocycles. The van der Waals surface area contributed by atoms with E-state index in [0.29, 0.717) is 17.9 Å². The molecule has 1 aliphatic carbocycles. The van der Waals surface area contributed by atoms with Crippen LogP contribution in [0, 0.1) is 11.8 Å². The van der Waals surface area contributed by atoms with Gasteiger partial charge in [-0.2, -0.15) is 0 Å². The lowest BCUT2D eigenvalue weighted by atomic mass is 9.68. The van der Waals surface area contributed by atoms with Crippen molar-refractivity contribution >= 4 is 5.91 Å². The summed E-state index contributed by atoms with van der Waals surface area (Å²) in [6.07, 6.45) is 1.78. The van der Waals surface area contributed by atoms with Crippen LogP contribution in [0.5, 0.6) is 0 Å². The van der Waals surface area contributed by atoms with Gasteiger partial charge in [-0.05, 0) is 20.3 Å². The summed E-state index contributed by atoms with van der Waals surface area (Å²) in [7, 11) is 0. The van der Waals surface area contributed by atoms with Crippen molar-refractivity contribution in [2.24, 2.45) is 11.8 Å². The van der Waals surface area contributed by atoms with Gasteiger partial charge in [0.1, 0.15) is 6.61 Å². The lowest BCUT2D eigenvalue weighted by Crippen LogP contribution is -2.61. The van der Waals surface area contributed by atoms with Crippen LogP contribution in [0.1, 0.15) is 20.3 Å². The minimum Gasteiger partial charge on any atom is -0.387 e. The Bertz CT molecular complexity index is 242.